The maximum atomic E-state index is 6.36. The van der Waals surface area contributed by atoms with Crippen molar-refractivity contribution in [3.63, 3.8) is 0 Å². The maximum Gasteiger partial charge on any atom is 0.153 e. The lowest BCUT2D eigenvalue weighted by atomic mass is 10.1. The molecule has 0 radical (unpaired) electrons. The Kier molecular flexibility index (Phi) is 3.63. The summed E-state index contributed by atoms with van der Waals surface area (Å²) in [4.78, 5) is 8.68. The van der Waals surface area contributed by atoms with Crippen molar-refractivity contribution in [1.29, 1.82) is 0 Å². The number of fused-ring (bicyclic) bond motifs is 1. The van der Waals surface area contributed by atoms with Gasteiger partial charge in [-0.1, -0.05) is 0 Å². The molecule has 25 heavy (non-hydrogen) atoms. The number of aromatic nitrogens is 5. The summed E-state index contributed by atoms with van der Waals surface area (Å²) in [6.45, 7) is 1.98. The third-order valence-corrected chi connectivity index (χ3v) is 4.71. The smallest absolute Gasteiger partial charge is 0.153 e. The lowest BCUT2D eigenvalue weighted by Gasteiger charge is -2.05. The topological polar surface area (TPSA) is 86.4 Å². The number of hydrogen-bond donors (Lipinski definition) is 1. The summed E-state index contributed by atoms with van der Waals surface area (Å²) in [6.07, 6.45) is 8.79. The summed E-state index contributed by atoms with van der Waals surface area (Å²) in [5, 5.41) is 8.87. The molecule has 2 unspecified atom stereocenters. The van der Waals surface area contributed by atoms with Gasteiger partial charge in [-0.25, -0.2) is 9.50 Å². The Bertz CT molecular complexity index is 992. The van der Waals surface area contributed by atoms with E-state index in [9.17, 15) is 0 Å². The summed E-state index contributed by atoms with van der Waals surface area (Å²) in [6, 6.07) is 3.87. The van der Waals surface area contributed by atoms with Crippen LogP contribution in [0, 0.1) is 12.8 Å². The van der Waals surface area contributed by atoms with Gasteiger partial charge in [0.2, 0.25) is 0 Å². The van der Waals surface area contributed by atoms with Crippen LogP contribution in [-0.2, 0) is 7.05 Å². The van der Waals surface area contributed by atoms with Crippen LogP contribution >= 0.6 is 0 Å². The highest BCUT2D eigenvalue weighted by molar-refractivity contribution is 6.07. The van der Waals surface area contributed by atoms with Crippen LogP contribution in [0.3, 0.4) is 0 Å². The molecule has 2 N–H and O–H groups in total. The number of aryl methyl sites for hydroxylation is 2. The minimum atomic E-state index is 0.347. The molecule has 0 bridgehead atoms. The van der Waals surface area contributed by atoms with Crippen molar-refractivity contribution >= 4 is 11.4 Å². The molecule has 3 aromatic heterocycles. The van der Waals surface area contributed by atoms with E-state index >= 15 is 0 Å². The van der Waals surface area contributed by atoms with Gasteiger partial charge >= 0.3 is 0 Å². The molecule has 3 heterocycles. The van der Waals surface area contributed by atoms with Crippen molar-refractivity contribution in [3.05, 3.63) is 59.4 Å². The fourth-order valence-electron chi connectivity index (χ4n) is 3.21. The van der Waals surface area contributed by atoms with Crippen LogP contribution in [0.1, 0.15) is 29.3 Å². The Balaban J connectivity index is 1.58. The standard InChI is InChI=1S/C18H21N7/c1-11-8-21-18-5-4-16(23-25(11)18)17(20-2)7-15(19)14-6-13(14)12-9-22-24(3)10-12/h4-5,7-10,13-14H,6,19H2,1-3H3/b15-7-,20-17?. The van der Waals surface area contributed by atoms with Crippen molar-refractivity contribution in [2.24, 2.45) is 23.7 Å². The van der Waals surface area contributed by atoms with E-state index in [1.165, 1.54) is 5.56 Å². The van der Waals surface area contributed by atoms with Crippen LogP contribution in [0.5, 0.6) is 0 Å². The number of aliphatic imine (C=N–C) groups is 1. The van der Waals surface area contributed by atoms with E-state index in [4.69, 9.17) is 5.73 Å². The fraction of sp³-hybridized carbons (Fsp3) is 0.333. The summed E-state index contributed by atoms with van der Waals surface area (Å²) >= 11 is 0. The zero-order valence-electron chi connectivity index (χ0n) is 14.6. The molecular formula is C18H21N7. The van der Waals surface area contributed by atoms with Crippen molar-refractivity contribution < 1.29 is 0 Å². The molecule has 0 aromatic carbocycles. The van der Waals surface area contributed by atoms with Gasteiger partial charge in [-0.3, -0.25) is 9.67 Å². The van der Waals surface area contributed by atoms with Gasteiger partial charge in [0, 0.05) is 31.9 Å². The number of nitrogens with zero attached hydrogens (tertiary/aromatic N) is 6. The first-order chi connectivity index (χ1) is 12.1. The monoisotopic (exact) mass is 335 g/mol. The first-order valence-electron chi connectivity index (χ1n) is 8.31. The van der Waals surface area contributed by atoms with E-state index in [0.29, 0.717) is 11.8 Å². The van der Waals surface area contributed by atoms with Gasteiger partial charge in [0.05, 0.1) is 23.8 Å². The van der Waals surface area contributed by atoms with Crippen LogP contribution in [0.15, 0.2) is 47.5 Å². The van der Waals surface area contributed by atoms with Gasteiger partial charge in [-0.05, 0) is 43.0 Å². The normalized spacial score (nSPS) is 21.1. The third kappa shape index (κ3) is 2.82. The number of nitrogens with two attached hydrogens (primary N) is 1. The Morgan fingerprint density at radius 2 is 2.20 bits per heavy atom. The molecule has 2 atom stereocenters. The number of imidazole rings is 1. The highest BCUT2D eigenvalue weighted by Gasteiger charge is 2.41. The summed E-state index contributed by atoms with van der Waals surface area (Å²) in [5.74, 6) is 0.800. The molecule has 1 aliphatic rings. The molecule has 0 saturated heterocycles. The average molecular weight is 335 g/mol. The van der Waals surface area contributed by atoms with Crippen LogP contribution in [0.25, 0.3) is 5.65 Å². The number of hydrogen-bond acceptors (Lipinski definition) is 5. The van der Waals surface area contributed by atoms with Gasteiger partial charge in [0.15, 0.2) is 5.65 Å². The number of allylic oxidation sites excluding steroid dienone is 2. The SMILES string of the molecule is CN=C(/C=C(\N)C1CC1c1cnn(C)c1)c1ccc2ncc(C)n2n1. The molecule has 1 fully saturated rings. The molecule has 4 rings (SSSR count). The predicted molar refractivity (Wildman–Crippen MR) is 96.5 cm³/mol. The van der Waals surface area contributed by atoms with Gasteiger partial charge in [-0.2, -0.15) is 10.2 Å². The van der Waals surface area contributed by atoms with Crippen LogP contribution in [-0.4, -0.2) is 37.1 Å². The molecule has 128 valence electrons. The van der Waals surface area contributed by atoms with Crippen molar-refractivity contribution in [3.8, 4) is 0 Å². The maximum absolute atomic E-state index is 6.36. The molecule has 7 heteroatoms. The van der Waals surface area contributed by atoms with Gasteiger partial charge in [0.25, 0.3) is 0 Å². The molecule has 0 spiro atoms. The lowest BCUT2D eigenvalue weighted by molar-refractivity contribution is 0.766. The second-order valence-electron chi connectivity index (χ2n) is 6.54. The molecule has 7 nitrogen and oxygen atoms in total. The van der Waals surface area contributed by atoms with Crippen LogP contribution in [0.4, 0.5) is 0 Å². The third-order valence-electron chi connectivity index (χ3n) is 4.71. The highest BCUT2D eigenvalue weighted by Crippen LogP contribution is 2.50. The van der Waals surface area contributed by atoms with Crippen molar-refractivity contribution in [1.82, 2.24) is 24.4 Å². The van der Waals surface area contributed by atoms with E-state index < -0.39 is 0 Å². The van der Waals surface area contributed by atoms with E-state index in [1.807, 2.05) is 53.8 Å². The average Bonchev–Trinajstić information content (AvgIpc) is 3.18. The van der Waals surface area contributed by atoms with Crippen molar-refractivity contribution in [2.45, 2.75) is 19.3 Å². The molecule has 1 aliphatic carbocycles. The fourth-order valence-corrected chi connectivity index (χ4v) is 3.21. The van der Waals surface area contributed by atoms with Crippen molar-refractivity contribution in [2.75, 3.05) is 7.05 Å². The van der Waals surface area contributed by atoms with E-state index in [0.717, 1.165) is 34.9 Å². The lowest BCUT2D eigenvalue weighted by Crippen LogP contribution is -2.10. The molecule has 1 saturated carbocycles. The number of rotatable bonds is 4. The van der Waals surface area contributed by atoms with Gasteiger partial charge < -0.3 is 5.73 Å². The minimum Gasteiger partial charge on any atom is -0.402 e. The predicted octanol–water partition coefficient (Wildman–Crippen LogP) is 1.84. The quantitative estimate of drug-likeness (QED) is 0.737. The molecule has 3 aromatic rings. The first kappa shape index (κ1) is 15.6. The Morgan fingerprint density at radius 3 is 2.92 bits per heavy atom. The Morgan fingerprint density at radius 1 is 1.36 bits per heavy atom. The summed E-state index contributed by atoms with van der Waals surface area (Å²) in [7, 11) is 3.69. The van der Waals surface area contributed by atoms with Gasteiger partial charge in [0.1, 0.15) is 5.69 Å². The largest absolute Gasteiger partial charge is 0.402 e. The van der Waals surface area contributed by atoms with Gasteiger partial charge in [-0.15, -0.1) is 0 Å². The van der Waals surface area contributed by atoms with Crippen LogP contribution in [0.2, 0.25) is 0 Å². The molecular weight excluding hydrogens is 314 g/mol. The van der Waals surface area contributed by atoms with Crippen LogP contribution < -0.4 is 5.73 Å². The second kappa shape index (κ2) is 5.84. The Labute approximate surface area is 145 Å². The van der Waals surface area contributed by atoms with E-state index in [2.05, 4.69) is 26.4 Å². The molecule has 0 amide bonds. The summed E-state index contributed by atoms with van der Waals surface area (Å²) < 4.78 is 3.65. The van der Waals surface area contributed by atoms with E-state index in [-0.39, 0.29) is 0 Å². The summed E-state index contributed by atoms with van der Waals surface area (Å²) in [5.41, 5.74) is 11.8. The molecule has 0 aliphatic heterocycles. The Hall–Kier alpha value is -2.96. The second-order valence-corrected chi connectivity index (χ2v) is 6.54. The minimum absolute atomic E-state index is 0.347. The zero-order chi connectivity index (χ0) is 17.6. The zero-order valence-corrected chi connectivity index (χ0v) is 14.6. The van der Waals surface area contributed by atoms with E-state index in [1.54, 1.807) is 7.05 Å². The first-order valence-corrected chi connectivity index (χ1v) is 8.31. The highest BCUT2D eigenvalue weighted by atomic mass is 15.3.